The highest BCUT2D eigenvalue weighted by atomic mass is 79.9. The van der Waals surface area contributed by atoms with Gasteiger partial charge in [0.1, 0.15) is 6.33 Å². The van der Waals surface area contributed by atoms with Gasteiger partial charge in [-0.25, -0.2) is 9.97 Å². The van der Waals surface area contributed by atoms with Crippen LogP contribution in [0.1, 0.15) is 0 Å². The number of H-pyrrole nitrogens is 1. The molecule has 4 nitrogen and oxygen atoms in total. The van der Waals surface area contributed by atoms with Crippen molar-refractivity contribution in [3.8, 4) is 22.1 Å². The number of nitrogens with one attached hydrogen (secondary N) is 1. The minimum absolute atomic E-state index is 0. The number of nitrogens with zero attached hydrogens (tertiary/aromatic N) is 3. The molecule has 1 N–H and O–H groups in total. The summed E-state index contributed by atoms with van der Waals surface area (Å²) in [4.78, 5) is 8.56. The fraction of sp³-hybridized carbons (Fsp3) is 0. The molecule has 18 heavy (non-hydrogen) atoms. The molecule has 0 aliphatic heterocycles. The van der Waals surface area contributed by atoms with Crippen molar-refractivity contribution < 1.29 is 0 Å². The number of thiazole rings is 1. The second-order valence-corrected chi connectivity index (χ2v) is 4.67. The molecule has 92 valence electrons. The van der Waals surface area contributed by atoms with Gasteiger partial charge in [-0.3, -0.25) is 5.10 Å². The van der Waals surface area contributed by atoms with Gasteiger partial charge in [0.25, 0.3) is 0 Å². The first-order chi connectivity index (χ1) is 8.33. The number of halogens is 2. The Labute approximate surface area is 123 Å². The van der Waals surface area contributed by atoms with Crippen molar-refractivity contribution >= 4 is 39.9 Å². The van der Waals surface area contributed by atoms with E-state index in [4.69, 9.17) is 11.6 Å². The second-order valence-electron chi connectivity index (χ2n) is 3.38. The van der Waals surface area contributed by atoms with Crippen LogP contribution in [-0.4, -0.2) is 20.2 Å². The molecule has 0 radical (unpaired) electrons. The molecule has 0 atom stereocenters. The van der Waals surface area contributed by atoms with Gasteiger partial charge in [-0.2, -0.15) is 5.10 Å². The fourth-order valence-corrected chi connectivity index (χ4v) is 2.34. The monoisotopic (exact) mass is 342 g/mol. The molecule has 0 saturated heterocycles. The Morgan fingerprint density at radius 3 is 2.61 bits per heavy atom. The van der Waals surface area contributed by atoms with E-state index in [9.17, 15) is 0 Å². The third-order valence-corrected chi connectivity index (χ3v) is 3.36. The van der Waals surface area contributed by atoms with Gasteiger partial charge in [-0.1, -0.05) is 23.7 Å². The molecule has 2 heterocycles. The standard InChI is InChI=1S/C11H7ClN4S.BrH/c12-8-3-1-7(2-4-8)9-5-17-11(15-9)10-13-6-14-16-10;/h1-6H,(H,13,14,16);1H. The minimum Gasteiger partial charge on any atom is -0.257 e. The second kappa shape index (κ2) is 5.60. The number of hydrogen-bond acceptors (Lipinski definition) is 4. The van der Waals surface area contributed by atoms with Gasteiger partial charge in [0.2, 0.25) is 0 Å². The average Bonchev–Trinajstić information content (AvgIpc) is 3.00. The van der Waals surface area contributed by atoms with E-state index in [1.807, 2.05) is 29.6 Å². The van der Waals surface area contributed by atoms with Gasteiger partial charge >= 0.3 is 0 Å². The number of aromatic amines is 1. The van der Waals surface area contributed by atoms with E-state index in [-0.39, 0.29) is 17.0 Å². The number of hydrogen-bond donors (Lipinski definition) is 1. The van der Waals surface area contributed by atoms with Gasteiger partial charge in [-0.05, 0) is 12.1 Å². The molecule has 0 bridgehead atoms. The predicted octanol–water partition coefficient (Wildman–Crippen LogP) is 3.83. The van der Waals surface area contributed by atoms with Crippen LogP contribution in [0.2, 0.25) is 5.02 Å². The van der Waals surface area contributed by atoms with Crippen LogP contribution in [-0.2, 0) is 0 Å². The fourth-order valence-electron chi connectivity index (χ4n) is 1.44. The van der Waals surface area contributed by atoms with E-state index in [1.54, 1.807) is 0 Å². The Bertz CT molecular complexity index is 621. The zero-order valence-electron chi connectivity index (χ0n) is 9.00. The normalized spacial score (nSPS) is 10.1. The highest BCUT2D eigenvalue weighted by Gasteiger charge is 2.08. The summed E-state index contributed by atoms with van der Waals surface area (Å²) in [7, 11) is 0. The van der Waals surface area contributed by atoms with Crippen LogP contribution in [0, 0.1) is 0 Å². The Morgan fingerprint density at radius 2 is 1.94 bits per heavy atom. The van der Waals surface area contributed by atoms with E-state index in [0.717, 1.165) is 21.3 Å². The Hall–Kier alpha value is -1.24. The molecule has 0 fully saturated rings. The summed E-state index contributed by atoms with van der Waals surface area (Å²) in [5.41, 5.74) is 1.95. The van der Waals surface area contributed by atoms with Crippen molar-refractivity contribution in [1.29, 1.82) is 0 Å². The minimum atomic E-state index is 0. The number of benzene rings is 1. The topological polar surface area (TPSA) is 54.5 Å². The predicted molar refractivity (Wildman–Crippen MR) is 78.3 cm³/mol. The maximum Gasteiger partial charge on any atom is 0.184 e. The third kappa shape index (κ3) is 2.60. The first kappa shape index (κ1) is 13.2. The molecule has 0 amide bonds. The first-order valence-electron chi connectivity index (χ1n) is 4.90. The lowest BCUT2D eigenvalue weighted by Gasteiger charge is -1.95. The Kier molecular flexibility index (Phi) is 4.11. The molecule has 2 aromatic heterocycles. The molecule has 7 heteroatoms. The smallest absolute Gasteiger partial charge is 0.184 e. The molecule has 0 spiro atoms. The summed E-state index contributed by atoms with van der Waals surface area (Å²) in [5, 5.41) is 10.1. The lowest BCUT2D eigenvalue weighted by Crippen LogP contribution is -1.81. The van der Waals surface area contributed by atoms with Crippen molar-refractivity contribution in [2.24, 2.45) is 0 Å². The zero-order chi connectivity index (χ0) is 11.7. The van der Waals surface area contributed by atoms with E-state index < -0.39 is 0 Å². The van der Waals surface area contributed by atoms with Crippen LogP contribution in [0.3, 0.4) is 0 Å². The maximum atomic E-state index is 5.84. The SMILES string of the molecule is Br.Clc1ccc(-c2csc(-c3ncn[nH]3)n2)cc1. The molecular formula is C11H8BrClN4S. The molecule has 0 unspecified atom stereocenters. The first-order valence-corrected chi connectivity index (χ1v) is 6.16. The van der Waals surface area contributed by atoms with E-state index >= 15 is 0 Å². The number of rotatable bonds is 2. The van der Waals surface area contributed by atoms with Crippen LogP contribution < -0.4 is 0 Å². The van der Waals surface area contributed by atoms with Crippen molar-refractivity contribution in [2.75, 3.05) is 0 Å². The van der Waals surface area contributed by atoms with Gasteiger partial charge in [0.15, 0.2) is 10.8 Å². The molecule has 0 saturated carbocycles. The summed E-state index contributed by atoms with van der Waals surface area (Å²) < 4.78 is 0. The quantitative estimate of drug-likeness (QED) is 0.769. The Morgan fingerprint density at radius 1 is 1.17 bits per heavy atom. The van der Waals surface area contributed by atoms with E-state index in [0.29, 0.717) is 5.82 Å². The van der Waals surface area contributed by atoms with Crippen molar-refractivity contribution in [1.82, 2.24) is 20.2 Å². The molecular weight excluding hydrogens is 336 g/mol. The molecule has 3 rings (SSSR count). The van der Waals surface area contributed by atoms with Crippen molar-refractivity contribution in [3.05, 3.63) is 41.0 Å². The zero-order valence-corrected chi connectivity index (χ0v) is 12.3. The average molecular weight is 344 g/mol. The van der Waals surface area contributed by atoms with E-state index in [2.05, 4.69) is 20.2 Å². The maximum absolute atomic E-state index is 5.84. The van der Waals surface area contributed by atoms with E-state index in [1.165, 1.54) is 17.7 Å². The van der Waals surface area contributed by atoms with Crippen molar-refractivity contribution in [2.45, 2.75) is 0 Å². The van der Waals surface area contributed by atoms with Crippen LogP contribution in [0.15, 0.2) is 36.0 Å². The summed E-state index contributed by atoms with van der Waals surface area (Å²) in [5.74, 6) is 0.690. The van der Waals surface area contributed by atoms with Crippen LogP contribution in [0.5, 0.6) is 0 Å². The molecule has 3 aromatic rings. The summed E-state index contributed by atoms with van der Waals surface area (Å²) in [6.07, 6.45) is 1.47. The van der Waals surface area contributed by atoms with Gasteiger partial charge in [0, 0.05) is 16.0 Å². The molecule has 0 aliphatic rings. The number of aromatic nitrogens is 4. The molecule has 1 aromatic carbocycles. The van der Waals surface area contributed by atoms with Gasteiger partial charge in [0.05, 0.1) is 5.69 Å². The third-order valence-electron chi connectivity index (χ3n) is 2.26. The summed E-state index contributed by atoms with van der Waals surface area (Å²) in [6.45, 7) is 0. The lowest BCUT2D eigenvalue weighted by atomic mass is 10.2. The summed E-state index contributed by atoms with van der Waals surface area (Å²) >= 11 is 7.37. The highest BCUT2D eigenvalue weighted by molar-refractivity contribution is 8.93. The molecule has 0 aliphatic carbocycles. The van der Waals surface area contributed by atoms with Gasteiger partial charge in [-0.15, -0.1) is 28.3 Å². The van der Waals surface area contributed by atoms with Gasteiger partial charge < -0.3 is 0 Å². The highest BCUT2D eigenvalue weighted by Crippen LogP contribution is 2.27. The summed E-state index contributed by atoms with van der Waals surface area (Å²) in [6, 6.07) is 7.60. The Balaban J connectivity index is 0.00000120. The van der Waals surface area contributed by atoms with Crippen LogP contribution >= 0.6 is 39.9 Å². The van der Waals surface area contributed by atoms with Crippen LogP contribution in [0.4, 0.5) is 0 Å². The lowest BCUT2D eigenvalue weighted by molar-refractivity contribution is 1.09. The van der Waals surface area contributed by atoms with Crippen molar-refractivity contribution in [3.63, 3.8) is 0 Å². The largest absolute Gasteiger partial charge is 0.257 e. The van der Waals surface area contributed by atoms with Crippen LogP contribution in [0.25, 0.3) is 22.1 Å².